The summed E-state index contributed by atoms with van der Waals surface area (Å²) in [6, 6.07) is 16.1. The maximum atomic E-state index is 12.0. The van der Waals surface area contributed by atoms with Gasteiger partial charge < -0.3 is 14.8 Å². The highest BCUT2D eigenvalue weighted by molar-refractivity contribution is 6.02. The van der Waals surface area contributed by atoms with E-state index in [0.717, 1.165) is 5.56 Å². The van der Waals surface area contributed by atoms with E-state index < -0.39 is 5.97 Å². The van der Waals surface area contributed by atoms with Crippen molar-refractivity contribution in [1.82, 2.24) is 0 Å². The fourth-order valence-corrected chi connectivity index (χ4v) is 2.06. The Morgan fingerprint density at radius 2 is 1.84 bits per heavy atom. The van der Waals surface area contributed by atoms with Gasteiger partial charge in [-0.05, 0) is 36.8 Å². The molecule has 0 aliphatic carbocycles. The third kappa shape index (κ3) is 6.61. The van der Waals surface area contributed by atoms with Gasteiger partial charge in [-0.2, -0.15) is 0 Å². The predicted molar refractivity (Wildman–Crippen MR) is 97.3 cm³/mol. The molecule has 0 saturated carbocycles. The summed E-state index contributed by atoms with van der Waals surface area (Å²) in [7, 11) is 0. The zero-order valence-corrected chi connectivity index (χ0v) is 14.1. The number of hydrogen-bond donors (Lipinski definition) is 1. The molecule has 0 saturated heterocycles. The number of nitrogens with one attached hydrogen (secondary N) is 1. The SMILES string of the molecule is CCOCCOC(=O)c1cccc(NC(=O)/C=C/c2ccccc2)c1. The zero-order valence-electron chi connectivity index (χ0n) is 14.1. The summed E-state index contributed by atoms with van der Waals surface area (Å²) in [6.45, 7) is 3.02. The van der Waals surface area contributed by atoms with Gasteiger partial charge in [0.25, 0.3) is 0 Å². The molecular formula is C20H21NO4. The van der Waals surface area contributed by atoms with E-state index in [0.29, 0.717) is 24.5 Å². The third-order valence-electron chi connectivity index (χ3n) is 3.26. The second-order valence-electron chi connectivity index (χ2n) is 5.15. The van der Waals surface area contributed by atoms with Crippen molar-refractivity contribution >= 4 is 23.6 Å². The Hall–Kier alpha value is -2.92. The number of carbonyl (C=O) groups excluding carboxylic acids is 2. The molecule has 0 aromatic heterocycles. The predicted octanol–water partition coefficient (Wildman–Crippen LogP) is 3.53. The number of ether oxygens (including phenoxy) is 2. The largest absolute Gasteiger partial charge is 0.460 e. The van der Waals surface area contributed by atoms with Crippen LogP contribution in [0, 0.1) is 0 Å². The first-order valence-electron chi connectivity index (χ1n) is 8.08. The smallest absolute Gasteiger partial charge is 0.338 e. The molecule has 2 aromatic rings. The fraction of sp³-hybridized carbons (Fsp3) is 0.200. The minimum atomic E-state index is -0.448. The average Bonchev–Trinajstić information content (AvgIpc) is 2.64. The number of rotatable bonds is 8. The maximum absolute atomic E-state index is 12.0. The minimum Gasteiger partial charge on any atom is -0.460 e. The maximum Gasteiger partial charge on any atom is 0.338 e. The summed E-state index contributed by atoms with van der Waals surface area (Å²) in [6.07, 6.45) is 3.17. The van der Waals surface area contributed by atoms with E-state index in [9.17, 15) is 9.59 Å². The van der Waals surface area contributed by atoms with Crippen molar-refractivity contribution < 1.29 is 19.1 Å². The molecule has 2 rings (SSSR count). The van der Waals surface area contributed by atoms with Gasteiger partial charge in [0.2, 0.25) is 5.91 Å². The van der Waals surface area contributed by atoms with E-state index in [1.807, 2.05) is 37.3 Å². The Morgan fingerprint density at radius 3 is 2.60 bits per heavy atom. The van der Waals surface area contributed by atoms with E-state index in [2.05, 4.69) is 5.32 Å². The fourth-order valence-electron chi connectivity index (χ4n) is 2.06. The van der Waals surface area contributed by atoms with Crippen LogP contribution >= 0.6 is 0 Å². The molecule has 1 N–H and O–H groups in total. The Morgan fingerprint density at radius 1 is 1.04 bits per heavy atom. The molecule has 1 amide bonds. The Balaban J connectivity index is 1.91. The highest BCUT2D eigenvalue weighted by Gasteiger charge is 2.08. The van der Waals surface area contributed by atoms with Crippen LogP contribution in [-0.2, 0) is 14.3 Å². The molecule has 0 atom stereocenters. The second-order valence-corrected chi connectivity index (χ2v) is 5.15. The van der Waals surface area contributed by atoms with Gasteiger partial charge in [-0.15, -0.1) is 0 Å². The topological polar surface area (TPSA) is 64.6 Å². The minimum absolute atomic E-state index is 0.197. The van der Waals surface area contributed by atoms with Crippen molar-refractivity contribution in [2.45, 2.75) is 6.92 Å². The van der Waals surface area contributed by atoms with Crippen LogP contribution in [0.15, 0.2) is 60.7 Å². The molecule has 0 heterocycles. The zero-order chi connectivity index (χ0) is 17.9. The molecule has 5 heteroatoms. The molecule has 0 unspecified atom stereocenters. The second kappa shape index (κ2) is 10.1. The summed E-state index contributed by atoms with van der Waals surface area (Å²) >= 11 is 0. The van der Waals surface area contributed by atoms with E-state index >= 15 is 0 Å². The van der Waals surface area contributed by atoms with E-state index in [1.165, 1.54) is 6.08 Å². The van der Waals surface area contributed by atoms with Gasteiger partial charge in [0, 0.05) is 18.4 Å². The average molecular weight is 339 g/mol. The first-order chi connectivity index (χ1) is 12.2. The standard InChI is InChI=1S/C20H21NO4/c1-2-24-13-14-25-20(23)17-9-6-10-18(15-17)21-19(22)12-11-16-7-4-3-5-8-16/h3-12,15H,2,13-14H2,1H3,(H,21,22)/b12-11+. The van der Waals surface area contributed by atoms with E-state index in [-0.39, 0.29) is 12.5 Å². The molecule has 0 aliphatic rings. The number of hydrogen-bond acceptors (Lipinski definition) is 4. The Bertz CT molecular complexity index is 725. The quantitative estimate of drug-likeness (QED) is 0.454. The van der Waals surface area contributed by atoms with Crippen molar-refractivity contribution in [2.75, 3.05) is 25.1 Å². The lowest BCUT2D eigenvalue weighted by molar-refractivity contribution is -0.111. The van der Waals surface area contributed by atoms with Crippen molar-refractivity contribution in [3.05, 3.63) is 71.8 Å². The molecule has 0 bridgehead atoms. The summed E-state index contributed by atoms with van der Waals surface area (Å²) in [4.78, 5) is 23.9. The van der Waals surface area contributed by atoms with Gasteiger partial charge in [0.05, 0.1) is 12.2 Å². The van der Waals surface area contributed by atoms with E-state index in [4.69, 9.17) is 9.47 Å². The molecule has 5 nitrogen and oxygen atoms in total. The summed E-state index contributed by atoms with van der Waals surface area (Å²) < 4.78 is 10.2. The summed E-state index contributed by atoms with van der Waals surface area (Å²) in [5.74, 6) is -0.721. The van der Waals surface area contributed by atoms with Crippen LogP contribution in [0.25, 0.3) is 6.08 Å². The van der Waals surface area contributed by atoms with Crippen molar-refractivity contribution in [3.8, 4) is 0 Å². The number of amides is 1. The van der Waals surface area contributed by atoms with E-state index in [1.54, 1.807) is 30.3 Å². The molecule has 0 aliphatic heterocycles. The van der Waals surface area contributed by atoms with Crippen LogP contribution in [0.2, 0.25) is 0 Å². The molecule has 0 fully saturated rings. The van der Waals surface area contributed by atoms with Crippen LogP contribution in [-0.4, -0.2) is 31.7 Å². The number of anilines is 1. The summed E-state index contributed by atoms with van der Waals surface area (Å²) in [5.41, 5.74) is 1.84. The van der Waals surface area contributed by atoms with Gasteiger partial charge in [0.15, 0.2) is 0 Å². The molecular weight excluding hydrogens is 318 g/mol. The Kier molecular flexibility index (Phi) is 7.41. The Labute approximate surface area is 147 Å². The van der Waals surface area contributed by atoms with Crippen LogP contribution in [0.1, 0.15) is 22.8 Å². The van der Waals surface area contributed by atoms with Gasteiger partial charge in [0.1, 0.15) is 6.61 Å². The first kappa shape index (κ1) is 18.4. The normalized spacial score (nSPS) is 10.6. The van der Waals surface area contributed by atoms with Crippen LogP contribution in [0.3, 0.4) is 0 Å². The van der Waals surface area contributed by atoms with Gasteiger partial charge in [-0.25, -0.2) is 4.79 Å². The lowest BCUT2D eigenvalue weighted by Crippen LogP contribution is -2.12. The molecule has 25 heavy (non-hydrogen) atoms. The monoisotopic (exact) mass is 339 g/mol. The molecule has 0 radical (unpaired) electrons. The molecule has 0 spiro atoms. The first-order valence-corrected chi connectivity index (χ1v) is 8.08. The molecule has 130 valence electrons. The summed E-state index contributed by atoms with van der Waals surface area (Å²) in [5, 5.41) is 2.73. The molecule has 2 aromatic carbocycles. The third-order valence-corrected chi connectivity index (χ3v) is 3.26. The van der Waals surface area contributed by atoms with Gasteiger partial charge >= 0.3 is 5.97 Å². The number of benzene rings is 2. The van der Waals surface area contributed by atoms with Crippen molar-refractivity contribution in [3.63, 3.8) is 0 Å². The highest BCUT2D eigenvalue weighted by atomic mass is 16.6. The van der Waals surface area contributed by atoms with Crippen molar-refractivity contribution in [1.29, 1.82) is 0 Å². The highest BCUT2D eigenvalue weighted by Crippen LogP contribution is 2.12. The lowest BCUT2D eigenvalue weighted by atomic mass is 10.2. The lowest BCUT2D eigenvalue weighted by Gasteiger charge is -2.07. The number of carbonyl (C=O) groups is 2. The van der Waals surface area contributed by atoms with Crippen LogP contribution < -0.4 is 5.32 Å². The van der Waals surface area contributed by atoms with Crippen molar-refractivity contribution in [2.24, 2.45) is 0 Å². The van der Waals surface area contributed by atoms with Gasteiger partial charge in [-0.1, -0.05) is 36.4 Å². The van der Waals surface area contributed by atoms with Gasteiger partial charge in [-0.3, -0.25) is 4.79 Å². The van der Waals surface area contributed by atoms with Crippen LogP contribution in [0.4, 0.5) is 5.69 Å². The van der Waals surface area contributed by atoms with Crippen LogP contribution in [0.5, 0.6) is 0 Å². The number of esters is 1.